The van der Waals surface area contributed by atoms with Crippen molar-refractivity contribution in [2.45, 2.75) is 52.6 Å². The summed E-state index contributed by atoms with van der Waals surface area (Å²) in [5, 5.41) is 0. The van der Waals surface area contributed by atoms with Crippen molar-refractivity contribution in [2.24, 2.45) is 23.7 Å². The molecule has 2 heterocycles. The summed E-state index contributed by atoms with van der Waals surface area (Å²) in [6, 6.07) is 10.1. The molecule has 1 aromatic rings. The van der Waals surface area contributed by atoms with Crippen molar-refractivity contribution >= 4 is 11.7 Å². The summed E-state index contributed by atoms with van der Waals surface area (Å²) in [6.45, 7) is 8.50. The fourth-order valence-corrected chi connectivity index (χ4v) is 4.32. The highest BCUT2D eigenvalue weighted by molar-refractivity contribution is 5.97. The van der Waals surface area contributed by atoms with E-state index in [0.717, 1.165) is 6.42 Å². The number of ketones is 1. The number of rotatable bonds is 3. The van der Waals surface area contributed by atoms with Crippen LogP contribution < -0.4 is 0 Å². The predicted octanol–water partition coefficient (Wildman–Crippen LogP) is 3.85. The number of fused-ring (bicyclic) bond motifs is 1. The molecule has 2 fully saturated rings. The molecule has 3 rings (SSSR count). The third-order valence-corrected chi connectivity index (χ3v) is 5.70. The van der Waals surface area contributed by atoms with Gasteiger partial charge in [0, 0.05) is 12.3 Å². The zero-order valence-electron chi connectivity index (χ0n) is 14.5. The molecule has 4 atom stereocenters. The van der Waals surface area contributed by atoms with Gasteiger partial charge in [-0.15, -0.1) is 0 Å². The van der Waals surface area contributed by atoms with Gasteiger partial charge in [0.15, 0.2) is 5.78 Å². The van der Waals surface area contributed by atoms with Gasteiger partial charge in [-0.05, 0) is 29.7 Å². The van der Waals surface area contributed by atoms with Crippen LogP contribution in [0.1, 0.15) is 52.1 Å². The zero-order chi connectivity index (χ0) is 16.7. The molecule has 0 aromatic heterocycles. The van der Waals surface area contributed by atoms with Gasteiger partial charge in [-0.2, -0.15) is 0 Å². The number of benzene rings is 1. The van der Waals surface area contributed by atoms with Crippen LogP contribution in [0.4, 0.5) is 0 Å². The summed E-state index contributed by atoms with van der Waals surface area (Å²) < 4.78 is 0. The molecule has 0 aliphatic carbocycles. The Morgan fingerprint density at radius 1 is 1.00 bits per heavy atom. The molecule has 0 radical (unpaired) electrons. The minimum atomic E-state index is -0.213. The molecular weight excluding hydrogens is 286 g/mol. The quantitative estimate of drug-likeness (QED) is 0.850. The predicted molar refractivity (Wildman–Crippen MR) is 90.7 cm³/mol. The van der Waals surface area contributed by atoms with Gasteiger partial charge in [0.25, 0.3) is 0 Å². The van der Waals surface area contributed by atoms with Crippen LogP contribution in [0, 0.1) is 23.7 Å². The first-order valence-electron chi connectivity index (χ1n) is 8.81. The molecule has 0 bridgehead atoms. The van der Waals surface area contributed by atoms with E-state index in [-0.39, 0.29) is 35.6 Å². The van der Waals surface area contributed by atoms with Crippen LogP contribution in [0.25, 0.3) is 0 Å². The van der Waals surface area contributed by atoms with E-state index in [1.807, 2.05) is 36.9 Å². The van der Waals surface area contributed by atoms with Crippen LogP contribution >= 0.6 is 0 Å². The molecule has 2 aliphatic rings. The van der Waals surface area contributed by atoms with Crippen molar-refractivity contribution in [2.75, 3.05) is 0 Å². The van der Waals surface area contributed by atoms with Gasteiger partial charge in [0.1, 0.15) is 0 Å². The maximum absolute atomic E-state index is 13.1. The number of hydrogen-bond donors (Lipinski definition) is 0. The lowest BCUT2D eigenvalue weighted by atomic mass is 9.83. The minimum absolute atomic E-state index is 0.0409. The Morgan fingerprint density at radius 3 is 2.22 bits per heavy atom. The summed E-state index contributed by atoms with van der Waals surface area (Å²) in [4.78, 5) is 27.7. The first kappa shape index (κ1) is 16.2. The molecule has 0 N–H and O–H groups in total. The van der Waals surface area contributed by atoms with Gasteiger partial charge in [0.05, 0.1) is 12.1 Å². The highest BCUT2D eigenvalue weighted by Gasteiger charge is 2.53. The molecular formula is C20H27NO2. The van der Waals surface area contributed by atoms with Gasteiger partial charge in [0.2, 0.25) is 5.91 Å². The second kappa shape index (κ2) is 6.10. The monoisotopic (exact) mass is 313 g/mol. The fraction of sp³-hybridized carbons (Fsp3) is 0.600. The zero-order valence-corrected chi connectivity index (χ0v) is 14.5. The van der Waals surface area contributed by atoms with Gasteiger partial charge >= 0.3 is 0 Å². The lowest BCUT2D eigenvalue weighted by molar-refractivity contribution is -0.152. The van der Waals surface area contributed by atoms with E-state index in [2.05, 4.69) is 26.0 Å². The van der Waals surface area contributed by atoms with Crippen molar-refractivity contribution in [3.05, 3.63) is 35.9 Å². The maximum Gasteiger partial charge on any atom is 0.227 e. The molecule has 23 heavy (non-hydrogen) atoms. The van der Waals surface area contributed by atoms with Gasteiger partial charge in [-0.25, -0.2) is 0 Å². The van der Waals surface area contributed by atoms with E-state index in [4.69, 9.17) is 0 Å². The minimum Gasteiger partial charge on any atom is -0.325 e. The van der Waals surface area contributed by atoms with Gasteiger partial charge in [-0.1, -0.05) is 58.0 Å². The molecule has 1 aromatic carbocycles. The van der Waals surface area contributed by atoms with Crippen LogP contribution in [0.15, 0.2) is 30.3 Å². The molecule has 124 valence electrons. The molecule has 0 unspecified atom stereocenters. The number of Topliss-reactive ketones (excluding diaryl/α,β-unsaturated/α-hetero) is 1. The number of piperidine rings is 1. The average molecular weight is 313 g/mol. The Kier molecular flexibility index (Phi) is 4.31. The molecule has 3 heteroatoms. The van der Waals surface area contributed by atoms with E-state index in [1.165, 1.54) is 5.56 Å². The van der Waals surface area contributed by atoms with Crippen molar-refractivity contribution in [1.29, 1.82) is 0 Å². The van der Waals surface area contributed by atoms with Crippen LogP contribution in [-0.4, -0.2) is 22.6 Å². The average Bonchev–Trinajstić information content (AvgIpc) is 2.93. The molecule has 2 saturated heterocycles. The van der Waals surface area contributed by atoms with Crippen molar-refractivity contribution in [3.63, 3.8) is 0 Å². The summed E-state index contributed by atoms with van der Waals surface area (Å²) in [7, 11) is 0. The van der Waals surface area contributed by atoms with E-state index in [1.54, 1.807) is 0 Å². The van der Waals surface area contributed by atoms with Crippen molar-refractivity contribution < 1.29 is 9.59 Å². The standard InChI is InChI=1S/C20H27NO2/c1-12(2)15-10-17-18(22)11-16(13(3)4)20(23)21(17)19(15)14-8-6-5-7-9-14/h5-9,12-13,15-17,19H,10-11H2,1-4H3/t15-,16+,17-,19-/m0/s1. The first-order valence-corrected chi connectivity index (χ1v) is 8.81. The second-order valence-electron chi connectivity index (χ2n) is 7.78. The Bertz CT molecular complexity index is 593. The highest BCUT2D eigenvalue weighted by Crippen LogP contribution is 2.48. The summed E-state index contributed by atoms with van der Waals surface area (Å²) in [6.07, 6.45) is 1.23. The van der Waals surface area contributed by atoms with Crippen LogP contribution in [-0.2, 0) is 9.59 Å². The topological polar surface area (TPSA) is 37.4 Å². The molecule has 0 saturated carbocycles. The smallest absolute Gasteiger partial charge is 0.227 e. The summed E-state index contributed by atoms with van der Waals surface area (Å²) >= 11 is 0. The lowest BCUT2D eigenvalue weighted by Gasteiger charge is -2.39. The first-order chi connectivity index (χ1) is 10.9. The maximum atomic E-state index is 13.1. The van der Waals surface area contributed by atoms with E-state index in [0.29, 0.717) is 18.3 Å². The highest BCUT2D eigenvalue weighted by atomic mass is 16.2. The van der Waals surface area contributed by atoms with Crippen molar-refractivity contribution in [3.8, 4) is 0 Å². The Balaban J connectivity index is 2.03. The summed E-state index contributed by atoms with van der Waals surface area (Å²) in [5.41, 5.74) is 1.17. The van der Waals surface area contributed by atoms with Gasteiger partial charge in [-0.3, -0.25) is 9.59 Å². The number of amides is 1. The van der Waals surface area contributed by atoms with Crippen LogP contribution in [0.2, 0.25) is 0 Å². The van der Waals surface area contributed by atoms with Crippen LogP contribution in [0.5, 0.6) is 0 Å². The SMILES string of the molecule is CC(C)[C@H]1CC(=O)[C@@H]2C[C@@H](C(C)C)[C@H](c3ccccc3)N2C1=O. The normalized spacial score (nSPS) is 31.1. The van der Waals surface area contributed by atoms with E-state index >= 15 is 0 Å². The molecule has 2 aliphatic heterocycles. The number of nitrogens with zero attached hydrogens (tertiary/aromatic N) is 1. The second-order valence-corrected chi connectivity index (χ2v) is 7.78. The Morgan fingerprint density at radius 2 is 1.65 bits per heavy atom. The number of hydrogen-bond acceptors (Lipinski definition) is 2. The number of carbonyl (C=O) groups excluding carboxylic acids is 2. The Hall–Kier alpha value is -1.64. The Labute approximate surface area is 139 Å². The molecule has 0 spiro atoms. The fourth-order valence-electron chi connectivity index (χ4n) is 4.32. The third kappa shape index (κ3) is 2.71. The van der Waals surface area contributed by atoms with E-state index < -0.39 is 0 Å². The van der Waals surface area contributed by atoms with Gasteiger partial charge < -0.3 is 4.90 Å². The van der Waals surface area contributed by atoms with Crippen molar-refractivity contribution in [1.82, 2.24) is 4.90 Å². The third-order valence-electron chi connectivity index (χ3n) is 5.70. The molecule has 1 amide bonds. The van der Waals surface area contributed by atoms with Crippen LogP contribution in [0.3, 0.4) is 0 Å². The number of carbonyl (C=O) groups is 2. The lowest BCUT2D eigenvalue weighted by Crippen LogP contribution is -2.51. The largest absolute Gasteiger partial charge is 0.325 e. The summed E-state index contributed by atoms with van der Waals surface area (Å²) in [5.74, 6) is 1.29. The van der Waals surface area contributed by atoms with E-state index in [9.17, 15) is 9.59 Å². The molecule has 3 nitrogen and oxygen atoms in total.